The number of anilines is 1. The molecule has 1 aromatic carbocycles. The number of aromatic nitrogens is 1. The van der Waals surface area contributed by atoms with Gasteiger partial charge in [-0.25, -0.2) is 0 Å². The maximum atomic E-state index is 11.8. The summed E-state index contributed by atoms with van der Waals surface area (Å²) in [5, 5.41) is 7.10. The molecular formula is C11H8Cl2N2O2. The SMILES string of the molecule is Cc1conc1C(=O)Nc1ccc(Cl)cc1Cl. The lowest BCUT2D eigenvalue weighted by atomic mass is 10.2. The van der Waals surface area contributed by atoms with Crippen LogP contribution in [0.5, 0.6) is 0 Å². The minimum atomic E-state index is -0.375. The highest BCUT2D eigenvalue weighted by molar-refractivity contribution is 6.36. The van der Waals surface area contributed by atoms with Gasteiger partial charge in [-0.15, -0.1) is 0 Å². The highest BCUT2D eigenvalue weighted by Gasteiger charge is 2.14. The molecule has 1 amide bonds. The molecule has 6 heteroatoms. The maximum Gasteiger partial charge on any atom is 0.278 e. The van der Waals surface area contributed by atoms with E-state index in [1.54, 1.807) is 25.1 Å². The fourth-order valence-electron chi connectivity index (χ4n) is 1.28. The quantitative estimate of drug-likeness (QED) is 0.908. The number of amides is 1. The lowest BCUT2D eigenvalue weighted by molar-refractivity contribution is 0.101. The van der Waals surface area contributed by atoms with Crippen LogP contribution in [-0.4, -0.2) is 11.1 Å². The van der Waals surface area contributed by atoms with Crippen LogP contribution in [-0.2, 0) is 0 Å². The number of halogens is 2. The summed E-state index contributed by atoms with van der Waals surface area (Å²) < 4.78 is 4.69. The third-order valence-electron chi connectivity index (χ3n) is 2.14. The lowest BCUT2D eigenvalue weighted by Gasteiger charge is -2.05. The number of hydrogen-bond donors (Lipinski definition) is 1. The summed E-state index contributed by atoms with van der Waals surface area (Å²) in [4.78, 5) is 11.8. The van der Waals surface area contributed by atoms with Crippen molar-refractivity contribution >= 4 is 34.8 Å². The van der Waals surface area contributed by atoms with Gasteiger partial charge in [-0.3, -0.25) is 4.79 Å². The minimum Gasteiger partial charge on any atom is -0.364 e. The zero-order chi connectivity index (χ0) is 12.4. The molecule has 0 saturated heterocycles. The van der Waals surface area contributed by atoms with Crippen LogP contribution in [0.1, 0.15) is 16.1 Å². The fraction of sp³-hybridized carbons (Fsp3) is 0.0909. The van der Waals surface area contributed by atoms with E-state index in [1.807, 2.05) is 0 Å². The van der Waals surface area contributed by atoms with Crippen LogP contribution >= 0.6 is 23.2 Å². The van der Waals surface area contributed by atoms with Crippen molar-refractivity contribution in [3.63, 3.8) is 0 Å². The van der Waals surface area contributed by atoms with Crippen LogP contribution in [0.25, 0.3) is 0 Å². The van der Waals surface area contributed by atoms with Crippen molar-refractivity contribution in [1.82, 2.24) is 5.16 Å². The predicted octanol–water partition coefficient (Wildman–Crippen LogP) is 3.54. The number of carbonyl (C=O) groups is 1. The number of nitrogens with zero attached hydrogens (tertiary/aromatic N) is 1. The molecule has 0 spiro atoms. The van der Waals surface area contributed by atoms with E-state index in [0.717, 1.165) is 0 Å². The molecule has 0 aliphatic heterocycles. The topological polar surface area (TPSA) is 55.1 Å². The molecule has 0 aliphatic rings. The van der Waals surface area contributed by atoms with Crippen molar-refractivity contribution in [2.45, 2.75) is 6.92 Å². The fourth-order valence-corrected chi connectivity index (χ4v) is 1.73. The average molecular weight is 271 g/mol. The van der Waals surface area contributed by atoms with Crippen LogP contribution in [0.15, 0.2) is 29.0 Å². The molecule has 2 aromatic rings. The van der Waals surface area contributed by atoms with Gasteiger partial charge in [-0.2, -0.15) is 0 Å². The molecule has 1 heterocycles. The van der Waals surface area contributed by atoms with Gasteiger partial charge in [-0.1, -0.05) is 28.4 Å². The summed E-state index contributed by atoms with van der Waals surface area (Å²) in [5.74, 6) is -0.375. The number of nitrogens with one attached hydrogen (secondary N) is 1. The molecule has 0 radical (unpaired) electrons. The van der Waals surface area contributed by atoms with E-state index >= 15 is 0 Å². The number of carbonyl (C=O) groups excluding carboxylic acids is 1. The van der Waals surface area contributed by atoms with Crippen molar-refractivity contribution < 1.29 is 9.32 Å². The van der Waals surface area contributed by atoms with Gasteiger partial charge in [0.05, 0.1) is 10.7 Å². The minimum absolute atomic E-state index is 0.232. The Kier molecular flexibility index (Phi) is 3.36. The van der Waals surface area contributed by atoms with Crippen molar-refractivity contribution in [3.05, 3.63) is 45.8 Å². The second kappa shape index (κ2) is 4.77. The van der Waals surface area contributed by atoms with Crippen molar-refractivity contribution in [2.75, 3.05) is 5.32 Å². The first-order valence-corrected chi connectivity index (χ1v) is 5.51. The molecule has 1 N–H and O–H groups in total. The summed E-state index contributed by atoms with van der Waals surface area (Å²) in [7, 11) is 0. The van der Waals surface area contributed by atoms with Gasteiger partial charge in [0.15, 0.2) is 5.69 Å². The van der Waals surface area contributed by atoms with Crippen molar-refractivity contribution in [1.29, 1.82) is 0 Å². The van der Waals surface area contributed by atoms with Gasteiger partial charge in [-0.05, 0) is 25.1 Å². The zero-order valence-corrected chi connectivity index (χ0v) is 10.3. The molecule has 0 aliphatic carbocycles. The molecule has 2 rings (SSSR count). The first kappa shape index (κ1) is 12.0. The van der Waals surface area contributed by atoms with Crippen molar-refractivity contribution in [3.8, 4) is 0 Å². The monoisotopic (exact) mass is 270 g/mol. The Hall–Kier alpha value is -1.52. The molecular weight excluding hydrogens is 263 g/mol. The highest BCUT2D eigenvalue weighted by atomic mass is 35.5. The lowest BCUT2D eigenvalue weighted by Crippen LogP contribution is -2.13. The number of rotatable bonds is 2. The summed E-state index contributed by atoms with van der Waals surface area (Å²) >= 11 is 11.7. The van der Waals surface area contributed by atoms with Crippen LogP contribution < -0.4 is 5.32 Å². The van der Waals surface area contributed by atoms with Crippen LogP contribution in [0, 0.1) is 6.92 Å². The van der Waals surface area contributed by atoms with Gasteiger partial charge in [0.1, 0.15) is 6.26 Å². The molecule has 1 aromatic heterocycles. The Morgan fingerprint density at radius 2 is 2.18 bits per heavy atom. The average Bonchev–Trinajstić information content (AvgIpc) is 2.68. The molecule has 0 unspecified atom stereocenters. The summed E-state index contributed by atoms with van der Waals surface area (Å²) in [6.45, 7) is 1.73. The van der Waals surface area contributed by atoms with E-state index in [9.17, 15) is 4.79 Å². The van der Waals surface area contributed by atoms with E-state index in [4.69, 9.17) is 23.2 Å². The largest absolute Gasteiger partial charge is 0.364 e. The number of aryl methyl sites for hydroxylation is 1. The summed E-state index contributed by atoms with van der Waals surface area (Å²) in [6.07, 6.45) is 1.40. The van der Waals surface area contributed by atoms with E-state index in [1.165, 1.54) is 6.26 Å². The van der Waals surface area contributed by atoms with Crippen LogP contribution in [0.3, 0.4) is 0 Å². The number of hydrogen-bond acceptors (Lipinski definition) is 3. The first-order valence-electron chi connectivity index (χ1n) is 4.75. The smallest absolute Gasteiger partial charge is 0.278 e. The van der Waals surface area contributed by atoms with Gasteiger partial charge in [0.2, 0.25) is 0 Å². The molecule has 0 atom stereocenters. The highest BCUT2D eigenvalue weighted by Crippen LogP contribution is 2.25. The summed E-state index contributed by atoms with van der Waals surface area (Å²) in [5.41, 5.74) is 1.37. The maximum absolute atomic E-state index is 11.8. The predicted molar refractivity (Wildman–Crippen MR) is 65.7 cm³/mol. The molecule has 0 saturated carbocycles. The van der Waals surface area contributed by atoms with Crippen molar-refractivity contribution in [2.24, 2.45) is 0 Å². The first-order chi connectivity index (χ1) is 8.08. The second-order valence-corrected chi connectivity index (χ2v) is 4.27. The van der Waals surface area contributed by atoms with Gasteiger partial charge < -0.3 is 9.84 Å². The third-order valence-corrected chi connectivity index (χ3v) is 2.69. The van der Waals surface area contributed by atoms with Gasteiger partial charge >= 0.3 is 0 Å². The standard InChI is InChI=1S/C11H8Cl2N2O2/c1-6-5-17-15-10(6)11(16)14-9-3-2-7(12)4-8(9)13/h2-5H,1H3,(H,14,16). The van der Waals surface area contributed by atoms with E-state index in [2.05, 4.69) is 15.0 Å². The molecule has 17 heavy (non-hydrogen) atoms. The van der Waals surface area contributed by atoms with Gasteiger partial charge in [0, 0.05) is 10.6 Å². The molecule has 0 bridgehead atoms. The van der Waals surface area contributed by atoms with E-state index in [0.29, 0.717) is 21.3 Å². The molecule has 4 nitrogen and oxygen atoms in total. The Bertz CT molecular complexity index is 566. The van der Waals surface area contributed by atoms with Gasteiger partial charge in [0.25, 0.3) is 5.91 Å². The second-order valence-electron chi connectivity index (χ2n) is 3.42. The molecule has 88 valence electrons. The Balaban J connectivity index is 2.22. The number of benzene rings is 1. The summed E-state index contributed by atoms with van der Waals surface area (Å²) in [6, 6.07) is 4.81. The Morgan fingerprint density at radius 3 is 2.76 bits per heavy atom. The third kappa shape index (κ3) is 2.60. The van der Waals surface area contributed by atoms with E-state index in [-0.39, 0.29) is 11.6 Å². The zero-order valence-electron chi connectivity index (χ0n) is 8.83. The van der Waals surface area contributed by atoms with E-state index < -0.39 is 0 Å². The normalized spacial score (nSPS) is 10.3. The molecule has 0 fully saturated rings. The Morgan fingerprint density at radius 1 is 1.41 bits per heavy atom. The Labute approximate surface area is 108 Å². The van der Waals surface area contributed by atoms with Crippen LogP contribution in [0.2, 0.25) is 10.0 Å². The van der Waals surface area contributed by atoms with Crippen LogP contribution in [0.4, 0.5) is 5.69 Å².